The Morgan fingerprint density at radius 3 is 2.68 bits per heavy atom. The van der Waals surface area contributed by atoms with Crippen LogP contribution in [0.1, 0.15) is 12.5 Å². The number of carbonyl (C=O) groups is 1. The molecule has 5 nitrogen and oxygen atoms in total. The third kappa shape index (κ3) is 3.88. The van der Waals surface area contributed by atoms with Crippen molar-refractivity contribution in [2.45, 2.75) is 20.0 Å². The summed E-state index contributed by atoms with van der Waals surface area (Å²) in [4.78, 5) is 31.1. The van der Waals surface area contributed by atoms with Crippen molar-refractivity contribution < 1.29 is 4.79 Å². The number of hydrogen-bond acceptors (Lipinski definition) is 3. The fourth-order valence-corrected chi connectivity index (χ4v) is 2.84. The van der Waals surface area contributed by atoms with Gasteiger partial charge in [-0.1, -0.05) is 41.9 Å². The zero-order valence-electron chi connectivity index (χ0n) is 13.9. The van der Waals surface area contributed by atoms with Crippen LogP contribution in [0.4, 0.5) is 0 Å². The van der Waals surface area contributed by atoms with E-state index in [1.807, 2.05) is 37.3 Å². The molecule has 0 fully saturated rings. The molecule has 3 aromatic rings. The number of rotatable bonds is 5. The van der Waals surface area contributed by atoms with Crippen LogP contribution in [0.3, 0.4) is 0 Å². The van der Waals surface area contributed by atoms with Crippen LogP contribution in [0.5, 0.6) is 0 Å². The van der Waals surface area contributed by atoms with Crippen LogP contribution in [0, 0.1) is 0 Å². The lowest BCUT2D eigenvalue weighted by Crippen LogP contribution is -2.36. The molecule has 0 aliphatic heterocycles. The Balaban J connectivity index is 1.82. The molecule has 1 heterocycles. The Morgan fingerprint density at radius 2 is 1.96 bits per heavy atom. The predicted molar refractivity (Wildman–Crippen MR) is 98.5 cm³/mol. The summed E-state index contributed by atoms with van der Waals surface area (Å²) in [7, 11) is 0. The minimum Gasteiger partial charge on any atom is -0.337 e. The van der Waals surface area contributed by atoms with E-state index in [1.165, 1.54) is 10.9 Å². The van der Waals surface area contributed by atoms with E-state index in [-0.39, 0.29) is 18.0 Å². The number of aromatic nitrogens is 2. The standard InChI is InChI=1S/C19H18ClN3O2/c1-2-22(11-14-6-4-3-5-7-14)18(24)12-23-13-21-17-10-15(20)8-9-16(17)19(23)25/h3-10,13H,2,11-12H2,1H3. The Labute approximate surface area is 150 Å². The minimum atomic E-state index is -0.245. The SMILES string of the molecule is CCN(Cc1ccccc1)C(=O)Cn1cnc2cc(Cl)ccc2c1=O. The quantitative estimate of drug-likeness (QED) is 0.706. The van der Waals surface area contributed by atoms with Gasteiger partial charge in [0.1, 0.15) is 6.54 Å². The largest absolute Gasteiger partial charge is 0.337 e. The van der Waals surface area contributed by atoms with E-state index in [0.29, 0.717) is 29.0 Å². The summed E-state index contributed by atoms with van der Waals surface area (Å²) in [6.45, 7) is 2.97. The topological polar surface area (TPSA) is 55.2 Å². The zero-order valence-corrected chi connectivity index (χ0v) is 14.6. The number of amides is 1. The lowest BCUT2D eigenvalue weighted by molar-refractivity contribution is -0.132. The van der Waals surface area contributed by atoms with Gasteiger partial charge in [0.2, 0.25) is 5.91 Å². The first kappa shape index (κ1) is 17.2. The van der Waals surface area contributed by atoms with Gasteiger partial charge in [-0.25, -0.2) is 4.98 Å². The fourth-order valence-electron chi connectivity index (χ4n) is 2.67. The van der Waals surface area contributed by atoms with E-state index in [1.54, 1.807) is 23.1 Å². The number of hydrogen-bond donors (Lipinski definition) is 0. The average Bonchev–Trinajstić information content (AvgIpc) is 2.62. The smallest absolute Gasteiger partial charge is 0.261 e. The minimum absolute atomic E-state index is 0.0366. The number of benzene rings is 2. The van der Waals surface area contributed by atoms with Crippen LogP contribution in [-0.2, 0) is 17.9 Å². The van der Waals surface area contributed by atoms with Crippen LogP contribution >= 0.6 is 11.6 Å². The number of carbonyl (C=O) groups excluding carboxylic acids is 1. The highest BCUT2D eigenvalue weighted by Gasteiger charge is 2.14. The Bertz CT molecular complexity index is 954. The van der Waals surface area contributed by atoms with Gasteiger partial charge in [-0.2, -0.15) is 0 Å². The lowest BCUT2D eigenvalue weighted by atomic mass is 10.2. The summed E-state index contributed by atoms with van der Waals surface area (Å²) in [6.07, 6.45) is 1.40. The van der Waals surface area contributed by atoms with Crippen molar-refractivity contribution in [3.8, 4) is 0 Å². The predicted octanol–water partition coefficient (Wildman–Crippen LogP) is 3.10. The summed E-state index contributed by atoms with van der Waals surface area (Å²) < 4.78 is 1.34. The van der Waals surface area contributed by atoms with Crippen molar-refractivity contribution in [3.63, 3.8) is 0 Å². The summed E-state index contributed by atoms with van der Waals surface area (Å²) in [6, 6.07) is 14.7. The normalized spacial score (nSPS) is 10.8. The summed E-state index contributed by atoms with van der Waals surface area (Å²) in [5, 5.41) is 0.971. The molecular weight excluding hydrogens is 338 g/mol. The Hall–Kier alpha value is -2.66. The number of likely N-dealkylation sites (N-methyl/N-ethyl adjacent to an activating group) is 1. The van der Waals surface area contributed by atoms with Crippen LogP contribution in [0.25, 0.3) is 10.9 Å². The first-order valence-electron chi connectivity index (χ1n) is 8.05. The maximum absolute atomic E-state index is 12.6. The molecule has 2 aromatic carbocycles. The molecule has 3 rings (SSSR count). The molecule has 1 amide bonds. The summed E-state index contributed by atoms with van der Waals surface area (Å²) in [5.74, 6) is -0.122. The molecule has 0 saturated carbocycles. The van der Waals surface area contributed by atoms with Crippen LogP contribution in [0.15, 0.2) is 59.7 Å². The van der Waals surface area contributed by atoms with E-state index >= 15 is 0 Å². The molecule has 6 heteroatoms. The van der Waals surface area contributed by atoms with E-state index in [0.717, 1.165) is 5.56 Å². The molecule has 0 saturated heterocycles. The van der Waals surface area contributed by atoms with Gasteiger partial charge in [0.15, 0.2) is 0 Å². The zero-order chi connectivity index (χ0) is 17.8. The highest BCUT2D eigenvalue weighted by molar-refractivity contribution is 6.31. The van der Waals surface area contributed by atoms with Crippen LogP contribution in [-0.4, -0.2) is 26.9 Å². The first-order chi connectivity index (χ1) is 12.1. The lowest BCUT2D eigenvalue weighted by Gasteiger charge is -2.21. The van der Waals surface area contributed by atoms with Gasteiger partial charge >= 0.3 is 0 Å². The number of fused-ring (bicyclic) bond motifs is 1. The van der Waals surface area contributed by atoms with E-state index in [4.69, 9.17) is 11.6 Å². The fraction of sp³-hybridized carbons (Fsp3) is 0.211. The van der Waals surface area contributed by atoms with Gasteiger partial charge in [0.05, 0.1) is 17.2 Å². The molecule has 0 aliphatic rings. The van der Waals surface area contributed by atoms with Gasteiger partial charge in [0, 0.05) is 18.1 Å². The van der Waals surface area contributed by atoms with E-state index < -0.39 is 0 Å². The molecule has 25 heavy (non-hydrogen) atoms. The van der Waals surface area contributed by atoms with Gasteiger partial charge in [-0.15, -0.1) is 0 Å². The Morgan fingerprint density at radius 1 is 1.20 bits per heavy atom. The highest BCUT2D eigenvalue weighted by Crippen LogP contribution is 2.14. The van der Waals surface area contributed by atoms with Crippen LogP contribution < -0.4 is 5.56 Å². The Kier molecular flexibility index (Phi) is 5.14. The second-order valence-corrected chi connectivity index (χ2v) is 6.17. The number of nitrogens with zero attached hydrogens (tertiary/aromatic N) is 3. The molecule has 0 unspecified atom stereocenters. The monoisotopic (exact) mass is 355 g/mol. The van der Waals surface area contributed by atoms with Crippen molar-refractivity contribution in [2.75, 3.05) is 6.54 Å². The summed E-state index contributed by atoms with van der Waals surface area (Å²) in [5.41, 5.74) is 1.33. The van der Waals surface area contributed by atoms with Gasteiger partial charge in [-0.05, 0) is 30.7 Å². The average molecular weight is 356 g/mol. The molecule has 0 radical (unpaired) electrons. The maximum atomic E-state index is 12.6. The van der Waals surface area contributed by atoms with E-state index in [2.05, 4.69) is 4.98 Å². The number of halogens is 1. The van der Waals surface area contributed by atoms with Gasteiger partial charge in [-0.3, -0.25) is 14.2 Å². The molecule has 0 bridgehead atoms. The molecular formula is C19H18ClN3O2. The third-order valence-corrected chi connectivity index (χ3v) is 4.28. The molecule has 0 N–H and O–H groups in total. The first-order valence-corrected chi connectivity index (χ1v) is 8.42. The maximum Gasteiger partial charge on any atom is 0.261 e. The highest BCUT2D eigenvalue weighted by atomic mass is 35.5. The second kappa shape index (κ2) is 7.49. The molecule has 0 aliphatic carbocycles. The third-order valence-electron chi connectivity index (χ3n) is 4.04. The molecule has 128 valence electrons. The van der Waals surface area contributed by atoms with E-state index in [9.17, 15) is 9.59 Å². The molecule has 0 atom stereocenters. The van der Waals surface area contributed by atoms with Crippen molar-refractivity contribution in [3.05, 3.63) is 75.8 Å². The second-order valence-electron chi connectivity index (χ2n) is 5.73. The molecule has 0 spiro atoms. The van der Waals surface area contributed by atoms with Gasteiger partial charge < -0.3 is 4.90 Å². The van der Waals surface area contributed by atoms with Crippen LogP contribution in [0.2, 0.25) is 5.02 Å². The van der Waals surface area contributed by atoms with Gasteiger partial charge in [0.25, 0.3) is 5.56 Å². The van der Waals surface area contributed by atoms with Crippen molar-refractivity contribution in [1.29, 1.82) is 0 Å². The van der Waals surface area contributed by atoms with Crippen molar-refractivity contribution in [1.82, 2.24) is 14.5 Å². The van der Waals surface area contributed by atoms with Crippen molar-refractivity contribution >= 4 is 28.4 Å². The summed E-state index contributed by atoms with van der Waals surface area (Å²) >= 11 is 5.92. The molecule has 1 aromatic heterocycles. The van der Waals surface area contributed by atoms with Crippen molar-refractivity contribution in [2.24, 2.45) is 0 Å².